The van der Waals surface area contributed by atoms with Gasteiger partial charge in [-0.3, -0.25) is 0 Å². The lowest BCUT2D eigenvalue weighted by Crippen LogP contribution is -2.35. The summed E-state index contributed by atoms with van der Waals surface area (Å²) in [6.45, 7) is 9.81. The van der Waals surface area contributed by atoms with Crippen molar-refractivity contribution >= 4 is 0 Å². The van der Waals surface area contributed by atoms with E-state index >= 15 is 0 Å². The van der Waals surface area contributed by atoms with Crippen LogP contribution in [0.4, 0.5) is 0 Å². The largest absolute Gasteiger partial charge is 0.393 e. The average molecular weight is 214 g/mol. The number of aliphatic hydroxyl groups is 1. The van der Waals surface area contributed by atoms with Crippen LogP contribution >= 0.6 is 0 Å². The van der Waals surface area contributed by atoms with Crippen molar-refractivity contribution in [3.63, 3.8) is 0 Å². The SMILES string of the molecule is CCN(CC)CCNCC1CCCC1O. The summed E-state index contributed by atoms with van der Waals surface area (Å²) in [5.41, 5.74) is 0. The number of likely N-dealkylation sites (N-methyl/N-ethyl adjacent to an activating group) is 1. The molecule has 1 aliphatic carbocycles. The first kappa shape index (κ1) is 12.9. The molecule has 15 heavy (non-hydrogen) atoms. The van der Waals surface area contributed by atoms with Crippen LogP contribution in [0.2, 0.25) is 0 Å². The molecule has 0 bridgehead atoms. The molecule has 1 fully saturated rings. The number of hydrogen-bond donors (Lipinski definition) is 2. The monoisotopic (exact) mass is 214 g/mol. The van der Waals surface area contributed by atoms with Gasteiger partial charge in [-0.25, -0.2) is 0 Å². The predicted octanol–water partition coefficient (Wildman–Crippen LogP) is 1.08. The number of nitrogens with zero attached hydrogens (tertiary/aromatic N) is 1. The zero-order valence-electron chi connectivity index (χ0n) is 10.2. The Kier molecular flexibility index (Phi) is 6.22. The Balaban J connectivity index is 2.01. The van der Waals surface area contributed by atoms with Crippen molar-refractivity contribution in [1.82, 2.24) is 10.2 Å². The van der Waals surface area contributed by atoms with E-state index in [1.807, 2.05) is 0 Å². The maximum absolute atomic E-state index is 9.64. The smallest absolute Gasteiger partial charge is 0.0580 e. The second-order valence-corrected chi connectivity index (χ2v) is 4.49. The van der Waals surface area contributed by atoms with Crippen molar-refractivity contribution in [2.24, 2.45) is 5.92 Å². The molecule has 3 heteroatoms. The highest BCUT2D eigenvalue weighted by molar-refractivity contribution is 4.78. The van der Waals surface area contributed by atoms with Crippen LogP contribution < -0.4 is 5.32 Å². The lowest BCUT2D eigenvalue weighted by molar-refractivity contribution is 0.131. The van der Waals surface area contributed by atoms with Crippen molar-refractivity contribution in [3.8, 4) is 0 Å². The van der Waals surface area contributed by atoms with Crippen LogP contribution in [0.5, 0.6) is 0 Å². The van der Waals surface area contributed by atoms with Crippen LogP contribution in [-0.4, -0.2) is 48.8 Å². The summed E-state index contributed by atoms with van der Waals surface area (Å²) in [5.74, 6) is 0.502. The van der Waals surface area contributed by atoms with E-state index in [1.54, 1.807) is 0 Å². The Hall–Kier alpha value is -0.120. The third-order valence-corrected chi connectivity index (χ3v) is 3.52. The molecule has 0 heterocycles. The summed E-state index contributed by atoms with van der Waals surface area (Å²) in [4.78, 5) is 2.41. The highest BCUT2D eigenvalue weighted by Crippen LogP contribution is 2.24. The van der Waals surface area contributed by atoms with E-state index in [1.165, 1.54) is 12.8 Å². The van der Waals surface area contributed by atoms with Gasteiger partial charge in [0.15, 0.2) is 0 Å². The van der Waals surface area contributed by atoms with Gasteiger partial charge < -0.3 is 15.3 Å². The summed E-state index contributed by atoms with van der Waals surface area (Å²) >= 11 is 0. The normalized spacial score (nSPS) is 26.4. The second kappa shape index (κ2) is 7.20. The quantitative estimate of drug-likeness (QED) is 0.623. The molecular weight excluding hydrogens is 188 g/mol. The molecule has 0 radical (unpaired) electrons. The summed E-state index contributed by atoms with van der Waals surface area (Å²) in [6.07, 6.45) is 3.34. The minimum absolute atomic E-state index is 0.0500. The highest BCUT2D eigenvalue weighted by atomic mass is 16.3. The number of hydrogen-bond acceptors (Lipinski definition) is 3. The first-order valence-electron chi connectivity index (χ1n) is 6.39. The van der Waals surface area contributed by atoms with E-state index in [4.69, 9.17) is 0 Å². The number of rotatable bonds is 7. The van der Waals surface area contributed by atoms with E-state index in [0.29, 0.717) is 5.92 Å². The maximum atomic E-state index is 9.64. The minimum Gasteiger partial charge on any atom is -0.393 e. The van der Waals surface area contributed by atoms with Crippen LogP contribution in [0, 0.1) is 5.92 Å². The maximum Gasteiger partial charge on any atom is 0.0580 e. The Bertz CT molecular complexity index is 160. The highest BCUT2D eigenvalue weighted by Gasteiger charge is 2.24. The predicted molar refractivity (Wildman–Crippen MR) is 64.0 cm³/mol. The van der Waals surface area contributed by atoms with Crippen LogP contribution in [0.25, 0.3) is 0 Å². The fourth-order valence-corrected chi connectivity index (χ4v) is 2.32. The molecule has 1 rings (SSSR count). The standard InChI is InChI=1S/C12H26N2O/c1-3-14(4-2)9-8-13-10-11-6-5-7-12(11)15/h11-13,15H,3-10H2,1-2H3. The van der Waals surface area contributed by atoms with Gasteiger partial charge in [-0.15, -0.1) is 0 Å². The van der Waals surface area contributed by atoms with Crippen molar-refractivity contribution < 1.29 is 5.11 Å². The summed E-state index contributed by atoms with van der Waals surface area (Å²) in [5, 5.41) is 13.1. The lowest BCUT2D eigenvalue weighted by Gasteiger charge is -2.20. The Morgan fingerprint density at radius 2 is 2.00 bits per heavy atom. The minimum atomic E-state index is -0.0500. The van der Waals surface area contributed by atoms with Gasteiger partial charge >= 0.3 is 0 Å². The molecule has 2 atom stereocenters. The molecular formula is C12H26N2O. The van der Waals surface area contributed by atoms with Gasteiger partial charge in [0, 0.05) is 19.6 Å². The molecule has 0 aromatic rings. The van der Waals surface area contributed by atoms with Gasteiger partial charge in [0.05, 0.1) is 6.10 Å². The molecule has 2 N–H and O–H groups in total. The Morgan fingerprint density at radius 3 is 2.53 bits per heavy atom. The fraction of sp³-hybridized carbons (Fsp3) is 1.00. The number of nitrogens with one attached hydrogen (secondary N) is 1. The molecule has 0 aliphatic heterocycles. The first-order chi connectivity index (χ1) is 7.27. The van der Waals surface area contributed by atoms with E-state index in [-0.39, 0.29) is 6.10 Å². The lowest BCUT2D eigenvalue weighted by atomic mass is 10.1. The van der Waals surface area contributed by atoms with Crippen molar-refractivity contribution in [2.75, 3.05) is 32.7 Å². The van der Waals surface area contributed by atoms with Gasteiger partial charge in [-0.05, 0) is 31.8 Å². The molecule has 1 saturated carbocycles. The molecule has 3 nitrogen and oxygen atoms in total. The average Bonchev–Trinajstić information content (AvgIpc) is 2.65. The number of aliphatic hydroxyl groups excluding tert-OH is 1. The molecule has 0 amide bonds. The van der Waals surface area contributed by atoms with Gasteiger partial charge in [0.25, 0.3) is 0 Å². The van der Waals surface area contributed by atoms with E-state index < -0.39 is 0 Å². The van der Waals surface area contributed by atoms with Crippen LogP contribution in [0.1, 0.15) is 33.1 Å². The van der Waals surface area contributed by atoms with E-state index in [2.05, 4.69) is 24.1 Å². The molecule has 0 aromatic heterocycles. The van der Waals surface area contributed by atoms with E-state index in [0.717, 1.165) is 39.1 Å². The van der Waals surface area contributed by atoms with Crippen LogP contribution in [0.15, 0.2) is 0 Å². The second-order valence-electron chi connectivity index (χ2n) is 4.49. The van der Waals surface area contributed by atoms with Crippen molar-refractivity contribution in [3.05, 3.63) is 0 Å². The third kappa shape index (κ3) is 4.49. The molecule has 90 valence electrons. The van der Waals surface area contributed by atoms with Crippen LogP contribution in [0.3, 0.4) is 0 Å². The van der Waals surface area contributed by atoms with E-state index in [9.17, 15) is 5.11 Å². The summed E-state index contributed by atoms with van der Waals surface area (Å²) < 4.78 is 0. The zero-order valence-corrected chi connectivity index (χ0v) is 10.2. The Labute approximate surface area is 93.9 Å². The van der Waals surface area contributed by atoms with Crippen molar-refractivity contribution in [1.29, 1.82) is 0 Å². The Morgan fingerprint density at radius 1 is 1.27 bits per heavy atom. The molecule has 0 saturated heterocycles. The van der Waals surface area contributed by atoms with Gasteiger partial charge in [-0.1, -0.05) is 20.3 Å². The van der Waals surface area contributed by atoms with Gasteiger partial charge in [0.2, 0.25) is 0 Å². The molecule has 0 aromatic carbocycles. The topological polar surface area (TPSA) is 35.5 Å². The molecule has 0 spiro atoms. The molecule has 2 unspecified atom stereocenters. The fourth-order valence-electron chi connectivity index (χ4n) is 2.32. The van der Waals surface area contributed by atoms with Crippen molar-refractivity contribution in [2.45, 2.75) is 39.2 Å². The van der Waals surface area contributed by atoms with Gasteiger partial charge in [0.1, 0.15) is 0 Å². The van der Waals surface area contributed by atoms with Gasteiger partial charge in [-0.2, -0.15) is 0 Å². The zero-order chi connectivity index (χ0) is 11.1. The summed E-state index contributed by atoms with van der Waals surface area (Å²) in [7, 11) is 0. The van der Waals surface area contributed by atoms with Crippen LogP contribution in [-0.2, 0) is 0 Å². The molecule has 1 aliphatic rings. The first-order valence-corrected chi connectivity index (χ1v) is 6.39. The summed E-state index contributed by atoms with van der Waals surface area (Å²) in [6, 6.07) is 0. The third-order valence-electron chi connectivity index (χ3n) is 3.52.